The predicted octanol–water partition coefficient (Wildman–Crippen LogP) is 2.02. The fourth-order valence-corrected chi connectivity index (χ4v) is 0.900. The minimum atomic E-state index is -4.45. The first-order chi connectivity index (χ1) is 5.89. The van der Waals surface area contributed by atoms with E-state index in [1.165, 1.54) is 0 Å². The van der Waals surface area contributed by atoms with Crippen molar-refractivity contribution in [1.29, 1.82) is 0 Å². The average Bonchev–Trinajstić information content (AvgIpc) is 2.32. The fourth-order valence-electron chi connectivity index (χ4n) is 0.900. The summed E-state index contributed by atoms with van der Waals surface area (Å²) in [6.07, 6.45) is -3.98. The number of hydrogen-bond acceptors (Lipinski definition) is 2. The molecule has 3 nitrogen and oxygen atoms in total. The largest absolute Gasteiger partial charge is 0.453 e. The summed E-state index contributed by atoms with van der Waals surface area (Å²) < 4.78 is 36.0. The highest BCUT2D eigenvalue weighted by Gasteiger charge is 2.35. The van der Waals surface area contributed by atoms with Gasteiger partial charge in [0, 0.05) is 6.42 Å². The molecule has 0 atom stereocenters. The summed E-state index contributed by atoms with van der Waals surface area (Å²) in [5.74, 6) is -0.556. The number of nitrogens with zero attached hydrogens (tertiary/aromatic N) is 2. The van der Waals surface area contributed by atoms with Crippen LogP contribution in [0, 0.1) is 5.92 Å². The molecule has 0 amide bonds. The van der Waals surface area contributed by atoms with E-state index in [0.717, 1.165) is 0 Å². The lowest BCUT2D eigenvalue weighted by Crippen LogP contribution is -2.07. The van der Waals surface area contributed by atoms with Crippen molar-refractivity contribution in [2.24, 2.45) is 5.92 Å². The minimum absolute atomic E-state index is 0.258. The zero-order chi connectivity index (χ0) is 10.1. The van der Waals surface area contributed by atoms with Crippen LogP contribution in [0.15, 0.2) is 0 Å². The van der Waals surface area contributed by atoms with E-state index in [9.17, 15) is 13.2 Å². The highest BCUT2D eigenvalue weighted by atomic mass is 19.4. The van der Waals surface area contributed by atoms with Gasteiger partial charge in [-0.1, -0.05) is 13.8 Å². The maximum atomic E-state index is 12.0. The standard InChI is InChI=1S/C7H10F3N3/c1-4(2)3-5-11-6(13-12-5)7(8,9)10/h4H,3H2,1-2H3,(H,11,12,13). The number of nitrogens with one attached hydrogen (secondary N) is 1. The number of alkyl halides is 3. The lowest BCUT2D eigenvalue weighted by atomic mass is 10.1. The topological polar surface area (TPSA) is 41.6 Å². The Morgan fingerprint density at radius 3 is 2.38 bits per heavy atom. The quantitative estimate of drug-likeness (QED) is 0.780. The van der Waals surface area contributed by atoms with E-state index < -0.39 is 12.0 Å². The molecule has 0 aliphatic rings. The molecule has 0 radical (unpaired) electrons. The van der Waals surface area contributed by atoms with Crippen molar-refractivity contribution in [2.75, 3.05) is 0 Å². The molecule has 0 bridgehead atoms. The van der Waals surface area contributed by atoms with E-state index in [4.69, 9.17) is 0 Å². The Labute approximate surface area is 73.4 Å². The zero-order valence-corrected chi connectivity index (χ0v) is 7.31. The van der Waals surface area contributed by atoms with Crippen LogP contribution < -0.4 is 0 Å². The van der Waals surface area contributed by atoms with Crippen molar-refractivity contribution in [2.45, 2.75) is 26.4 Å². The molecule has 0 spiro atoms. The highest BCUT2D eigenvalue weighted by molar-refractivity contribution is 4.94. The molecule has 1 aromatic heterocycles. The van der Waals surface area contributed by atoms with Gasteiger partial charge in [0.1, 0.15) is 5.82 Å². The number of H-pyrrole nitrogens is 1. The van der Waals surface area contributed by atoms with Gasteiger partial charge in [-0.2, -0.15) is 13.2 Å². The van der Waals surface area contributed by atoms with E-state index in [0.29, 0.717) is 6.42 Å². The molecule has 74 valence electrons. The van der Waals surface area contributed by atoms with Gasteiger partial charge in [0.05, 0.1) is 0 Å². The number of hydrogen-bond donors (Lipinski definition) is 1. The molecule has 0 fully saturated rings. The number of halogens is 3. The Balaban J connectivity index is 2.75. The van der Waals surface area contributed by atoms with Crippen LogP contribution in [0.3, 0.4) is 0 Å². The van der Waals surface area contributed by atoms with Crippen molar-refractivity contribution in [3.05, 3.63) is 11.6 Å². The van der Waals surface area contributed by atoms with Crippen LogP contribution in [0.4, 0.5) is 13.2 Å². The van der Waals surface area contributed by atoms with Crippen molar-refractivity contribution in [1.82, 2.24) is 15.2 Å². The number of aromatic amines is 1. The van der Waals surface area contributed by atoms with Crippen LogP contribution in [0.2, 0.25) is 0 Å². The van der Waals surface area contributed by atoms with E-state index in [1.54, 1.807) is 0 Å². The summed E-state index contributed by atoms with van der Waals surface area (Å²) in [7, 11) is 0. The van der Waals surface area contributed by atoms with Crippen LogP contribution in [-0.4, -0.2) is 15.2 Å². The van der Waals surface area contributed by atoms with Gasteiger partial charge in [0.2, 0.25) is 0 Å². The van der Waals surface area contributed by atoms with E-state index in [1.807, 2.05) is 13.8 Å². The highest BCUT2D eigenvalue weighted by Crippen LogP contribution is 2.25. The summed E-state index contributed by atoms with van der Waals surface area (Å²) >= 11 is 0. The summed E-state index contributed by atoms with van der Waals surface area (Å²) in [5.41, 5.74) is 0. The minimum Gasteiger partial charge on any atom is -0.263 e. The van der Waals surface area contributed by atoms with Crippen LogP contribution in [0.5, 0.6) is 0 Å². The number of aromatic nitrogens is 3. The molecule has 0 saturated heterocycles. The molecule has 13 heavy (non-hydrogen) atoms. The molecule has 1 N–H and O–H groups in total. The van der Waals surface area contributed by atoms with Gasteiger partial charge < -0.3 is 0 Å². The normalized spacial score (nSPS) is 12.5. The van der Waals surface area contributed by atoms with Gasteiger partial charge in [-0.05, 0) is 5.92 Å². The molecule has 0 unspecified atom stereocenters. The molecule has 0 aliphatic carbocycles. The SMILES string of the molecule is CC(C)Cc1nc(C(F)(F)F)n[nH]1. The molecule has 0 aromatic carbocycles. The summed E-state index contributed by atoms with van der Waals surface area (Å²) in [4.78, 5) is 3.33. The van der Waals surface area contributed by atoms with Gasteiger partial charge in [-0.3, -0.25) is 5.10 Å². The third-order valence-electron chi connectivity index (χ3n) is 1.39. The van der Waals surface area contributed by atoms with Crippen molar-refractivity contribution in [3.63, 3.8) is 0 Å². The first-order valence-corrected chi connectivity index (χ1v) is 3.88. The molecule has 0 aliphatic heterocycles. The number of rotatable bonds is 2. The van der Waals surface area contributed by atoms with E-state index in [2.05, 4.69) is 15.2 Å². The maximum Gasteiger partial charge on any atom is 0.453 e. The van der Waals surface area contributed by atoms with Crippen LogP contribution in [-0.2, 0) is 12.6 Å². The Morgan fingerprint density at radius 2 is 2.00 bits per heavy atom. The van der Waals surface area contributed by atoms with Crippen molar-refractivity contribution < 1.29 is 13.2 Å². The van der Waals surface area contributed by atoms with Gasteiger partial charge >= 0.3 is 6.18 Å². The van der Waals surface area contributed by atoms with Crippen LogP contribution in [0.1, 0.15) is 25.5 Å². The van der Waals surface area contributed by atoms with Crippen LogP contribution >= 0.6 is 0 Å². The van der Waals surface area contributed by atoms with E-state index in [-0.39, 0.29) is 11.7 Å². The molecule has 1 aromatic rings. The Hall–Kier alpha value is -1.07. The molecule has 1 rings (SSSR count). The van der Waals surface area contributed by atoms with Gasteiger partial charge in [-0.15, -0.1) is 5.10 Å². The monoisotopic (exact) mass is 193 g/mol. The summed E-state index contributed by atoms with van der Waals surface area (Å²) in [6, 6.07) is 0. The zero-order valence-electron chi connectivity index (χ0n) is 7.31. The second-order valence-electron chi connectivity index (χ2n) is 3.20. The van der Waals surface area contributed by atoms with Gasteiger partial charge in [0.15, 0.2) is 0 Å². The first-order valence-electron chi connectivity index (χ1n) is 3.88. The van der Waals surface area contributed by atoms with Gasteiger partial charge in [-0.25, -0.2) is 4.98 Å². The fraction of sp³-hybridized carbons (Fsp3) is 0.714. The maximum absolute atomic E-state index is 12.0. The predicted molar refractivity (Wildman–Crippen MR) is 39.9 cm³/mol. The Bertz CT molecular complexity index is 277. The van der Waals surface area contributed by atoms with Gasteiger partial charge in [0.25, 0.3) is 5.82 Å². The third-order valence-corrected chi connectivity index (χ3v) is 1.39. The molecule has 0 saturated carbocycles. The average molecular weight is 193 g/mol. The molecular formula is C7H10F3N3. The summed E-state index contributed by atoms with van der Waals surface area (Å²) in [6.45, 7) is 3.80. The smallest absolute Gasteiger partial charge is 0.263 e. The van der Waals surface area contributed by atoms with Crippen molar-refractivity contribution in [3.8, 4) is 0 Å². The third kappa shape index (κ3) is 2.71. The first kappa shape index (κ1) is 10.0. The second kappa shape index (κ2) is 3.35. The molecular weight excluding hydrogens is 183 g/mol. The van der Waals surface area contributed by atoms with E-state index >= 15 is 0 Å². The van der Waals surface area contributed by atoms with Crippen molar-refractivity contribution >= 4 is 0 Å². The lowest BCUT2D eigenvalue weighted by molar-refractivity contribution is -0.144. The molecule has 6 heteroatoms. The Morgan fingerprint density at radius 1 is 1.38 bits per heavy atom. The second-order valence-corrected chi connectivity index (χ2v) is 3.20. The molecule has 1 heterocycles. The van der Waals surface area contributed by atoms with Crippen LogP contribution in [0.25, 0.3) is 0 Å². The lowest BCUT2D eigenvalue weighted by Gasteiger charge is -1.99. The summed E-state index contributed by atoms with van der Waals surface area (Å²) in [5, 5.41) is 5.34. The Kier molecular flexibility index (Phi) is 2.58.